The van der Waals surface area contributed by atoms with Crippen LogP contribution in [-0.2, 0) is 21.2 Å². The van der Waals surface area contributed by atoms with E-state index in [1.807, 2.05) is 18.4 Å². The van der Waals surface area contributed by atoms with Gasteiger partial charge in [-0.2, -0.15) is 0 Å². The number of rotatable bonds is 7. The summed E-state index contributed by atoms with van der Waals surface area (Å²) in [6, 6.07) is 10.1. The fraction of sp³-hybridized carbons (Fsp3) is 0.312. The molecule has 0 fully saturated rings. The Kier molecular flexibility index (Phi) is 5.92. The van der Waals surface area contributed by atoms with Crippen LogP contribution in [0.1, 0.15) is 36.2 Å². The first-order chi connectivity index (χ1) is 10.9. The Morgan fingerprint density at radius 2 is 2.09 bits per heavy atom. The molecule has 3 N–H and O–H groups in total. The first-order valence-electron chi connectivity index (χ1n) is 7.31. The second-order valence-electron chi connectivity index (χ2n) is 5.34. The molecule has 124 valence electrons. The number of carbonyl (C=O) groups excluding carboxylic acids is 1. The van der Waals surface area contributed by atoms with Crippen LogP contribution in [0.4, 0.5) is 0 Å². The van der Waals surface area contributed by atoms with Crippen molar-refractivity contribution < 1.29 is 13.2 Å². The summed E-state index contributed by atoms with van der Waals surface area (Å²) in [4.78, 5) is 13.3. The van der Waals surface area contributed by atoms with Crippen molar-refractivity contribution in [1.82, 2.24) is 5.32 Å². The van der Waals surface area contributed by atoms with Gasteiger partial charge in [-0.05, 0) is 48.9 Å². The Balaban J connectivity index is 1.88. The van der Waals surface area contributed by atoms with Gasteiger partial charge in [-0.25, -0.2) is 13.6 Å². The van der Waals surface area contributed by atoms with Crippen LogP contribution in [0.15, 0.2) is 46.7 Å². The smallest absolute Gasteiger partial charge is 0.238 e. The van der Waals surface area contributed by atoms with Gasteiger partial charge in [0.05, 0.1) is 10.9 Å². The van der Waals surface area contributed by atoms with Crippen LogP contribution in [0.25, 0.3) is 0 Å². The predicted octanol–water partition coefficient (Wildman–Crippen LogP) is 2.60. The molecule has 0 radical (unpaired) electrons. The molecule has 1 atom stereocenters. The Hall–Kier alpha value is -1.70. The largest absolute Gasteiger partial charge is 0.350 e. The number of benzene rings is 1. The van der Waals surface area contributed by atoms with Gasteiger partial charge in [-0.1, -0.05) is 18.2 Å². The minimum atomic E-state index is -3.74. The summed E-state index contributed by atoms with van der Waals surface area (Å²) in [5.74, 6) is -0.0462. The zero-order valence-corrected chi connectivity index (χ0v) is 14.5. The van der Waals surface area contributed by atoms with Gasteiger partial charge in [-0.3, -0.25) is 4.79 Å². The fourth-order valence-electron chi connectivity index (χ4n) is 2.24. The maximum absolute atomic E-state index is 12.0. The highest BCUT2D eigenvalue weighted by atomic mass is 32.2. The molecular formula is C16H20N2O3S2. The highest BCUT2D eigenvalue weighted by Crippen LogP contribution is 2.17. The molecule has 0 spiro atoms. The van der Waals surface area contributed by atoms with Crippen molar-refractivity contribution in [2.24, 2.45) is 5.14 Å². The van der Waals surface area contributed by atoms with E-state index in [1.165, 1.54) is 17.0 Å². The summed E-state index contributed by atoms with van der Waals surface area (Å²) in [7, 11) is -3.74. The van der Waals surface area contributed by atoms with Crippen molar-refractivity contribution in [3.63, 3.8) is 0 Å². The number of hydrogen-bond donors (Lipinski definition) is 2. The van der Waals surface area contributed by atoms with Crippen molar-refractivity contribution in [3.05, 3.63) is 52.2 Å². The van der Waals surface area contributed by atoms with Crippen molar-refractivity contribution >= 4 is 27.3 Å². The van der Waals surface area contributed by atoms with Crippen LogP contribution >= 0.6 is 11.3 Å². The SMILES string of the molecule is C[C@H](NC(=O)CCCc1cccs1)c1cccc(S(N)(=O)=O)c1. The van der Waals surface area contributed by atoms with E-state index in [9.17, 15) is 13.2 Å². The Morgan fingerprint density at radius 1 is 1.30 bits per heavy atom. The number of hydrogen-bond acceptors (Lipinski definition) is 4. The van der Waals surface area contributed by atoms with Crippen molar-refractivity contribution in [2.75, 3.05) is 0 Å². The second-order valence-corrected chi connectivity index (χ2v) is 7.93. The lowest BCUT2D eigenvalue weighted by atomic mass is 10.1. The number of amides is 1. The van der Waals surface area contributed by atoms with Crippen LogP contribution in [0.2, 0.25) is 0 Å². The molecular weight excluding hydrogens is 332 g/mol. The average molecular weight is 352 g/mol. The number of primary sulfonamides is 1. The molecule has 0 aliphatic carbocycles. The zero-order valence-electron chi connectivity index (χ0n) is 12.9. The number of aryl methyl sites for hydroxylation is 1. The molecule has 2 aromatic rings. The Bertz CT molecular complexity index is 755. The summed E-state index contributed by atoms with van der Waals surface area (Å²) in [5, 5.41) is 10.0. The normalized spacial score (nSPS) is 12.8. The van der Waals surface area contributed by atoms with Gasteiger partial charge < -0.3 is 5.32 Å². The van der Waals surface area contributed by atoms with Gasteiger partial charge in [0.2, 0.25) is 15.9 Å². The summed E-state index contributed by atoms with van der Waals surface area (Å²) >= 11 is 1.69. The summed E-state index contributed by atoms with van der Waals surface area (Å²) in [5.41, 5.74) is 0.711. The molecule has 7 heteroatoms. The van der Waals surface area contributed by atoms with Crippen LogP contribution in [-0.4, -0.2) is 14.3 Å². The molecule has 1 aromatic carbocycles. The third kappa shape index (κ3) is 5.46. The summed E-state index contributed by atoms with van der Waals surface area (Å²) < 4.78 is 22.8. The summed E-state index contributed by atoms with van der Waals surface area (Å²) in [6.07, 6.45) is 2.12. The van der Waals surface area contributed by atoms with Gasteiger partial charge in [0.25, 0.3) is 0 Å². The standard InChI is InChI=1S/C16H20N2O3S2/c1-12(13-5-2-8-15(11-13)23(17,20)21)18-16(19)9-3-6-14-7-4-10-22-14/h2,4-5,7-8,10-12H,3,6,9H2,1H3,(H,18,19)(H2,17,20,21)/t12-/m0/s1. The topological polar surface area (TPSA) is 89.3 Å². The van der Waals surface area contributed by atoms with Gasteiger partial charge >= 0.3 is 0 Å². The maximum Gasteiger partial charge on any atom is 0.238 e. The first-order valence-corrected chi connectivity index (χ1v) is 9.73. The molecule has 1 heterocycles. The lowest BCUT2D eigenvalue weighted by Gasteiger charge is -2.15. The zero-order chi connectivity index (χ0) is 16.9. The third-order valence-corrected chi connectivity index (χ3v) is 5.32. The van der Waals surface area contributed by atoms with E-state index in [2.05, 4.69) is 11.4 Å². The second kappa shape index (κ2) is 7.72. The Morgan fingerprint density at radius 3 is 2.74 bits per heavy atom. The molecule has 23 heavy (non-hydrogen) atoms. The molecule has 0 unspecified atom stereocenters. The van der Waals surface area contributed by atoms with Crippen molar-refractivity contribution in [2.45, 2.75) is 37.1 Å². The third-order valence-electron chi connectivity index (χ3n) is 3.47. The molecule has 0 saturated carbocycles. The van der Waals surface area contributed by atoms with E-state index >= 15 is 0 Å². The first kappa shape index (κ1) is 17.7. The lowest BCUT2D eigenvalue weighted by molar-refractivity contribution is -0.121. The van der Waals surface area contributed by atoms with Crippen LogP contribution in [0.5, 0.6) is 0 Å². The number of sulfonamides is 1. The van der Waals surface area contributed by atoms with Crippen LogP contribution in [0.3, 0.4) is 0 Å². The Labute approximate surface area is 140 Å². The fourth-order valence-corrected chi connectivity index (χ4v) is 3.56. The van der Waals surface area contributed by atoms with Crippen molar-refractivity contribution in [1.29, 1.82) is 0 Å². The molecule has 1 aromatic heterocycles. The van der Waals surface area contributed by atoms with E-state index in [4.69, 9.17) is 5.14 Å². The number of nitrogens with one attached hydrogen (secondary N) is 1. The molecule has 5 nitrogen and oxygen atoms in total. The van der Waals surface area contributed by atoms with E-state index < -0.39 is 10.0 Å². The number of carbonyl (C=O) groups is 1. The van der Waals surface area contributed by atoms with E-state index in [0.717, 1.165) is 12.8 Å². The predicted molar refractivity (Wildman–Crippen MR) is 91.6 cm³/mol. The van der Waals surface area contributed by atoms with Gasteiger partial charge in [0.15, 0.2) is 0 Å². The van der Waals surface area contributed by atoms with Crippen molar-refractivity contribution in [3.8, 4) is 0 Å². The van der Waals surface area contributed by atoms with E-state index in [0.29, 0.717) is 12.0 Å². The number of thiophene rings is 1. The quantitative estimate of drug-likeness (QED) is 0.802. The highest BCUT2D eigenvalue weighted by Gasteiger charge is 2.13. The van der Waals surface area contributed by atoms with Gasteiger partial charge in [-0.15, -0.1) is 11.3 Å². The van der Waals surface area contributed by atoms with E-state index in [-0.39, 0.29) is 16.8 Å². The number of nitrogens with two attached hydrogens (primary N) is 1. The average Bonchev–Trinajstić information content (AvgIpc) is 2.99. The monoisotopic (exact) mass is 352 g/mol. The van der Waals surface area contributed by atoms with Gasteiger partial charge in [0.1, 0.15) is 0 Å². The van der Waals surface area contributed by atoms with Crippen LogP contribution < -0.4 is 10.5 Å². The maximum atomic E-state index is 12.0. The minimum Gasteiger partial charge on any atom is -0.350 e. The molecule has 0 bridgehead atoms. The molecule has 0 saturated heterocycles. The highest BCUT2D eigenvalue weighted by molar-refractivity contribution is 7.89. The van der Waals surface area contributed by atoms with Gasteiger partial charge in [0, 0.05) is 11.3 Å². The molecule has 2 rings (SSSR count). The summed E-state index contributed by atoms with van der Waals surface area (Å²) in [6.45, 7) is 1.82. The molecule has 0 aliphatic heterocycles. The lowest BCUT2D eigenvalue weighted by Crippen LogP contribution is -2.26. The molecule has 0 aliphatic rings. The molecule has 1 amide bonds. The minimum absolute atomic E-state index is 0.0462. The van der Waals surface area contributed by atoms with Crippen LogP contribution in [0, 0.1) is 0 Å². The van der Waals surface area contributed by atoms with E-state index in [1.54, 1.807) is 23.5 Å².